The SMILES string of the molecule is CN=C(NCCCN1CCN(c2cccc(Cl)c2)CC1)NCC1(CCO)CCOC1.I. The van der Waals surface area contributed by atoms with Crippen molar-refractivity contribution in [3.05, 3.63) is 29.3 Å². The van der Waals surface area contributed by atoms with E-state index in [2.05, 4.69) is 31.5 Å². The highest BCUT2D eigenvalue weighted by Gasteiger charge is 2.34. The number of halogens is 2. The van der Waals surface area contributed by atoms with Gasteiger partial charge in [-0.2, -0.15) is 0 Å². The Bertz CT molecular complexity index is 680. The third-order valence-corrected chi connectivity index (χ3v) is 6.41. The molecule has 2 saturated heterocycles. The summed E-state index contributed by atoms with van der Waals surface area (Å²) in [5.41, 5.74) is 1.24. The Morgan fingerprint density at radius 3 is 2.71 bits per heavy atom. The summed E-state index contributed by atoms with van der Waals surface area (Å²) in [5, 5.41) is 17.0. The lowest BCUT2D eigenvalue weighted by Gasteiger charge is -2.36. The Labute approximate surface area is 208 Å². The van der Waals surface area contributed by atoms with Gasteiger partial charge in [0.25, 0.3) is 0 Å². The van der Waals surface area contributed by atoms with E-state index in [0.717, 1.165) is 82.7 Å². The lowest BCUT2D eigenvalue weighted by atomic mass is 9.84. The van der Waals surface area contributed by atoms with Gasteiger partial charge in [-0.1, -0.05) is 17.7 Å². The van der Waals surface area contributed by atoms with Crippen LogP contribution in [0.3, 0.4) is 0 Å². The van der Waals surface area contributed by atoms with Gasteiger partial charge in [-0.25, -0.2) is 0 Å². The number of hydrogen-bond acceptors (Lipinski definition) is 5. The molecule has 2 fully saturated rings. The van der Waals surface area contributed by atoms with Crippen LogP contribution in [0.25, 0.3) is 0 Å². The molecule has 1 aromatic carbocycles. The number of nitrogens with one attached hydrogen (secondary N) is 2. The zero-order valence-electron chi connectivity index (χ0n) is 18.5. The van der Waals surface area contributed by atoms with Gasteiger partial charge in [0.05, 0.1) is 6.61 Å². The molecule has 9 heteroatoms. The molecule has 0 amide bonds. The molecule has 0 saturated carbocycles. The average molecular weight is 566 g/mol. The average Bonchev–Trinajstić information content (AvgIpc) is 3.22. The fourth-order valence-corrected chi connectivity index (χ4v) is 4.40. The molecule has 1 aromatic rings. The fraction of sp³-hybridized carbons (Fsp3) is 0.682. The third-order valence-electron chi connectivity index (χ3n) is 6.17. The van der Waals surface area contributed by atoms with Crippen LogP contribution in [-0.2, 0) is 4.74 Å². The minimum atomic E-state index is 0. The van der Waals surface area contributed by atoms with Crippen molar-refractivity contribution in [2.24, 2.45) is 10.4 Å². The molecular weight excluding hydrogens is 529 g/mol. The van der Waals surface area contributed by atoms with Gasteiger partial charge in [0.1, 0.15) is 0 Å². The first kappa shape index (κ1) is 26.4. The largest absolute Gasteiger partial charge is 0.396 e. The first-order valence-electron chi connectivity index (χ1n) is 11.0. The lowest BCUT2D eigenvalue weighted by molar-refractivity contribution is 0.127. The highest BCUT2D eigenvalue weighted by molar-refractivity contribution is 14.0. The van der Waals surface area contributed by atoms with Crippen LogP contribution in [0.2, 0.25) is 5.02 Å². The Morgan fingerprint density at radius 2 is 2.06 bits per heavy atom. The van der Waals surface area contributed by atoms with Crippen LogP contribution in [0.15, 0.2) is 29.3 Å². The Balaban J connectivity index is 0.00000341. The second-order valence-corrected chi connectivity index (χ2v) is 8.73. The van der Waals surface area contributed by atoms with Gasteiger partial charge in [0.2, 0.25) is 0 Å². The highest BCUT2D eigenvalue weighted by atomic mass is 127. The van der Waals surface area contributed by atoms with E-state index in [4.69, 9.17) is 16.3 Å². The summed E-state index contributed by atoms with van der Waals surface area (Å²) in [4.78, 5) is 9.26. The van der Waals surface area contributed by atoms with E-state index < -0.39 is 0 Å². The molecule has 1 unspecified atom stereocenters. The van der Waals surface area contributed by atoms with Gasteiger partial charge in [0, 0.05) is 75.7 Å². The Hall–Kier alpha value is -0.810. The van der Waals surface area contributed by atoms with Gasteiger partial charge in [-0.15, -0.1) is 24.0 Å². The predicted molar refractivity (Wildman–Crippen MR) is 139 cm³/mol. The molecule has 0 radical (unpaired) electrons. The number of guanidine groups is 1. The molecule has 2 aliphatic rings. The van der Waals surface area contributed by atoms with Gasteiger partial charge < -0.3 is 25.4 Å². The fourth-order valence-electron chi connectivity index (χ4n) is 4.22. The van der Waals surface area contributed by atoms with E-state index in [9.17, 15) is 5.11 Å². The quantitative estimate of drug-likeness (QED) is 0.185. The number of piperazine rings is 1. The van der Waals surface area contributed by atoms with E-state index in [1.54, 1.807) is 7.05 Å². The monoisotopic (exact) mass is 565 g/mol. The summed E-state index contributed by atoms with van der Waals surface area (Å²) in [6.07, 6.45) is 2.82. The predicted octanol–water partition coefficient (Wildman–Crippen LogP) is 2.42. The van der Waals surface area contributed by atoms with Crippen molar-refractivity contribution in [1.82, 2.24) is 15.5 Å². The molecular formula is C22H37ClIN5O2. The number of aliphatic hydroxyl groups excluding tert-OH is 1. The molecule has 1 atom stereocenters. The summed E-state index contributed by atoms with van der Waals surface area (Å²) < 4.78 is 5.56. The van der Waals surface area contributed by atoms with Gasteiger partial charge in [0.15, 0.2) is 5.96 Å². The lowest BCUT2D eigenvalue weighted by Crippen LogP contribution is -2.47. The van der Waals surface area contributed by atoms with Gasteiger partial charge in [-0.05, 0) is 44.0 Å². The van der Waals surface area contributed by atoms with Crippen LogP contribution in [0.5, 0.6) is 0 Å². The number of nitrogens with zero attached hydrogens (tertiary/aromatic N) is 3. The summed E-state index contributed by atoms with van der Waals surface area (Å²) in [5.74, 6) is 0.824. The summed E-state index contributed by atoms with van der Waals surface area (Å²) in [7, 11) is 1.80. The summed E-state index contributed by atoms with van der Waals surface area (Å²) in [6, 6.07) is 8.11. The van der Waals surface area contributed by atoms with E-state index in [0.29, 0.717) is 6.61 Å². The minimum Gasteiger partial charge on any atom is -0.396 e. The van der Waals surface area contributed by atoms with Gasteiger partial charge >= 0.3 is 0 Å². The second-order valence-electron chi connectivity index (χ2n) is 8.29. The van der Waals surface area contributed by atoms with E-state index in [1.807, 2.05) is 18.2 Å². The zero-order chi connectivity index (χ0) is 21.2. The zero-order valence-corrected chi connectivity index (χ0v) is 21.6. The normalized spacial score (nSPS) is 22.3. The molecule has 0 aliphatic carbocycles. The number of aliphatic hydroxyl groups is 1. The van der Waals surface area contributed by atoms with E-state index >= 15 is 0 Å². The van der Waals surface area contributed by atoms with Crippen molar-refractivity contribution < 1.29 is 9.84 Å². The van der Waals surface area contributed by atoms with E-state index in [-0.39, 0.29) is 36.0 Å². The molecule has 3 rings (SSSR count). The molecule has 0 spiro atoms. The maximum atomic E-state index is 9.36. The van der Waals surface area contributed by atoms with Crippen LogP contribution in [-0.4, -0.2) is 88.6 Å². The first-order valence-corrected chi connectivity index (χ1v) is 11.4. The molecule has 2 aliphatic heterocycles. The molecule has 7 nitrogen and oxygen atoms in total. The Kier molecular flexibility index (Phi) is 11.7. The van der Waals surface area contributed by atoms with Crippen LogP contribution < -0.4 is 15.5 Å². The number of ether oxygens (including phenoxy) is 1. The summed E-state index contributed by atoms with van der Waals surface area (Å²) >= 11 is 6.12. The number of aliphatic imine (C=N–C) groups is 1. The van der Waals surface area contributed by atoms with Crippen LogP contribution >= 0.6 is 35.6 Å². The molecule has 2 heterocycles. The van der Waals surface area contributed by atoms with Crippen LogP contribution in [0, 0.1) is 5.41 Å². The second kappa shape index (κ2) is 13.7. The maximum absolute atomic E-state index is 9.36. The molecule has 0 bridgehead atoms. The molecule has 176 valence electrons. The van der Waals surface area contributed by atoms with Crippen LogP contribution in [0.1, 0.15) is 19.3 Å². The maximum Gasteiger partial charge on any atom is 0.190 e. The number of benzene rings is 1. The number of hydrogen-bond donors (Lipinski definition) is 3. The van der Waals surface area contributed by atoms with Crippen molar-refractivity contribution in [3.8, 4) is 0 Å². The molecule has 31 heavy (non-hydrogen) atoms. The number of anilines is 1. The smallest absolute Gasteiger partial charge is 0.190 e. The first-order chi connectivity index (χ1) is 14.6. The number of rotatable bonds is 9. The van der Waals surface area contributed by atoms with Crippen molar-refractivity contribution >= 4 is 47.2 Å². The Morgan fingerprint density at radius 1 is 1.26 bits per heavy atom. The van der Waals surface area contributed by atoms with Gasteiger partial charge in [-0.3, -0.25) is 9.89 Å². The molecule has 3 N–H and O–H groups in total. The summed E-state index contributed by atoms with van der Waals surface area (Å²) in [6.45, 7) is 8.63. The molecule has 0 aromatic heterocycles. The van der Waals surface area contributed by atoms with Crippen molar-refractivity contribution in [1.29, 1.82) is 0 Å². The minimum absolute atomic E-state index is 0. The van der Waals surface area contributed by atoms with Crippen LogP contribution in [0.4, 0.5) is 5.69 Å². The third kappa shape index (κ3) is 8.24. The van der Waals surface area contributed by atoms with E-state index in [1.165, 1.54) is 5.69 Å². The topological polar surface area (TPSA) is 72.4 Å². The van der Waals surface area contributed by atoms with Crippen molar-refractivity contribution in [2.75, 3.05) is 77.6 Å². The van der Waals surface area contributed by atoms with Crippen molar-refractivity contribution in [2.45, 2.75) is 19.3 Å². The standard InChI is InChI=1S/C22H36ClN5O2.HI/c1-24-21(26-17-22(6-14-29)7-15-30-18-22)25-8-3-9-27-10-12-28(13-11-27)20-5-2-4-19(23)16-20;/h2,4-5,16,29H,3,6-15,17-18H2,1H3,(H2,24,25,26);1H. The van der Waals surface area contributed by atoms with Crippen molar-refractivity contribution in [3.63, 3.8) is 0 Å². The highest BCUT2D eigenvalue weighted by Crippen LogP contribution is 2.31.